The number of halogens is 1. The van der Waals surface area contributed by atoms with Gasteiger partial charge in [0.1, 0.15) is 0 Å². The van der Waals surface area contributed by atoms with E-state index in [1.807, 2.05) is 0 Å². The molecule has 0 saturated heterocycles. The molecule has 0 radical (unpaired) electrons. The second-order valence-electron chi connectivity index (χ2n) is 4.00. The summed E-state index contributed by atoms with van der Waals surface area (Å²) < 4.78 is 44.3. The zero-order valence-electron chi connectivity index (χ0n) is 10.8. The molecular weight excluding hydrogens is 289 g/mol. The number of nitrogens with two attached hydrogens (primary N) is 2. The van der Waals surface area contributed by atoms with E-state index >= 15 is 0 Å². The Morgan fingerprint density at radius 1 is 1.45 bits per heavy atom. The molecule has 9 heteroatoms. The quantitative estimate of drug-likeness (QED) is 0.481. The first kappa shape index (κ1) is 16.2. The van der Waals surface area contributed by atoms with E-state index in [1.54, 1.807) is 0 Å². The predicted molar refractivity (Wildman–Crippen MR) is 71.0 cm³/mol. The molecular formula is C11H16FN3O4S. The highest BCUT2D eigenvalue weighted by atomic mass is 32.2. The number of ether oxygens (including phenoxy) is 1. The average molecular weight is 305 g/mol. The van der Waals surface area contributed by atoms with Crippen LogP contribution in [0.4, 0.5) is 10.1 Å². The van der Waals surface area contributed by atoms with Gasteiger partial charge in [-0.15, -0.1) is 0 Å². The molecule has 112 valence electrons. The van der Waals surface area contributed by atoms with Crippen LogP contribution in [-0.2, 0) is 14.8 Å². The van der Waals surface area contributed by atoms with Gasteiger partial charge in [0.2, 0.25) is 15.9 Å². The van der Waals surface area contributed by atoms with Crippen molar-refractivity contribution in [3.8, 4) is 5.75 Å². The second kappa shape index (κ2) is 6.53. The summed E-state index contributed by atoms with van der Waals surface area (Å²) in [6.45, 7) is 0.0127. The molecule has 20 heavy (non-hydrogen) atoms. The largest absolute Gasteiger partial charge is 0.492 e. The number of anilines is 1. The minimum Gasteiger partial charge on any atom is -0.492 e. The molecule has 5 N–H and O–H groups in total. The molecule has 0 fully saturated rings. The Morgan fingerprint density at radius 3 is 2.60 bits per heavy atom. The Bertz CT molecular complexity index is 581. The zero-order valence-corrected chi connectivity index (χ0v) is 11.7. The predicted octanol–water partition coefficient (Wildman–Crippen LogP) is -0.0397. The molecule has 0 spiro atoms. The van der Waals surface area contributed by atoms with Crippen molar-refractivity contribution in [3.05, 3.63) is 17.9 Å². The SMILES string of the molecule is COc1c(N)cc(S(=O)(=O)NCCCC(N)=O)cc1F. The first-order chi connectivity index (χ1) is 9.27. The fourth-order valence-electron chi connectivity index (χ4n) is 1.51. The van der Waals surface area contributed by atoms with Crippen LogP contribution in [0.5, 0.6) is 5.75 Å². The number of nitrogens with one attached hydrogen (secondary N) is 1. The molecule has 7 nitrogen and oxygen atoms in total. The summed E-state index contributed by atoms with van der Waals surface area (Å²) >= 11 is 0. The van der Waals surface area contributed by atoms with E-state index in [0.717, 1.165) is 12.1 Å². The van der Waals surface area contributed by atoms with Gasteiger partial charge in [-0.3, -0.25) is 4.79 Å². The summed E-state index contributed by atoms with van der Waals surface area (Å²) in [4.78, 5) is 10.2. The van der Waals surface area contributed by atoms with Gasteiger partial charge in [0.15, 0.2) is 11.6 Å². The van der Waals surface area contributed by atoms with Gasteiger partial charge >= 0.3 is 0 Å². The molecule has 0 aliphatic carbocycles. The van der Waals surface area contributed by atoms with E-state index in [9.17, 15) is 17.6 Å². The molecule has 0 heterocycles. The van der Waals surface area contributed by atoms with E-state index in [-0.39, 0.29) is 35.7 Å². The minimum atomic E-state index is -3.91. The summed E-state index contributed by atoms with van der Waals surface area (Å²) in [7, 11) is -2.68. The maximum absolute atomic E-state index is 13.6. The van der Waals surface area contributed by atoms with Crippen molar-refractivity contribution in [1.82, 2.24) is 4.72 Å². The van der Waals surface area contributed by atoms with Crippen LogP contribution in [0.1, 0.15) is 12.8 Å². The smallest absolute Gasteiger partial charge is 0.240 e. The number of carbonyl (C=O) groups excluding carboxylic acids is 1. The maximum Gasteiger partial charge on any atom is 0.240 e. The van der Waals surface area contributed by atoms with E-state index in [2.05, 4.69) is 4.72 Å². The molecule has 0 aromatic heterocycles. The van der Waals surface area contributed by atoms with Crippen LogP contribution in [0.3, 0.4) is 0 Å². The van der Waals surface area contributed by atoms with Gasteiger partial charge in [-0.05, 0) is 18.6 Å². The molecule has 0 unspecified atom stereocenters. The molecule has 1 amide bonds. The van der Waals surface area contributed by atoms with E-state index in [0.29, 0.717) is 0 Å². The molecule has 0 aliphatic heterocycles. The number of sulfonamides is 1. The number of rotatable bonds is 7. The summed E-state index contributed by atoms with van der Waals surface area (Å²) in [5, 5.41) is 0. The van der Waals surface area contributed by atoms with Crippen LogP contribution >= 0.6 is 0 Å². The third kappa shape index (κ3) is 4.07. The van der Waals surface area contributed by atoms with Crippen molar-refractivity contribution in [2.24, 2.45) is 5.73 Å². The van der Waals surface area contributed by atoms with Crippen molar-refractivity contribution in [1.29, 1.82) is 0 Å². The van der Waals surface area contributed by atoms with Gasteiger partial charge in [-0.1, -0.05) is 0 Å². The highest BCUT2D eigenvalue weighted by Crippen LogP contribution is 2.28. The molecule has 1 aromatic rings. The third-order valence-electron chi connectivity index (χ3n) is 2.45. The number of primary amides is 1. The Kier molecular flexibility index (Phi) is 5.28. The number of hydrogen-bond donors (Lipinski definition) is 3. The Hall–Kier alpha value is -1.87. The molecule has 0 atom stereocenters. The second-order valence-corrected chi connectivity index (χ2v) is 5.76. The Morgan fingerprint density at radius 2 is 2.10 bits per heavy atom. The average Bonchev–Trinajstić information content (AvgIpc) is 2.34. The van der Waals surface area contributed by atoms with Gasteiger partial charge in [0.25, 0.3) is 0 Å². The molecule has 0 aliphatic rings. The van der Waals surface area contributed by atoms with Gasteiger partial charge < -0.3 is 16.2 Å². The van der Waals surface area contributed by atoms with Crippen LogP contribution < -0.4 is 20.9 Å². The van der Waals surface area contributed by atoms with Crippen LogP contribution in [0, 0.1) is 5.82 Å². The number of hydrogen-bond acceptors (Lipinski definition) is 5. The zero-order chi connectivity index (χ0) is 15.3. The van der Waals surface area contributed by atoms with E-state index < -0.39 is 21.7 Å². The summed E-state index contributed by atoms with van der Waals surface area (Å²) in [5.74, 6) is -1.60. The first-order valence-electron chi connectivity index (χ1n) is 5.69. The van der Waals surface area contributed by atoms with Crippen LogP contribution in [0.25, 0.3) is 0 Å². The van der Waals surface area contributed by atoms with E-state index in [1.165, 1.54) is 7.11 Å². The van der Waals surface area contributed by atoms with E-state index in [4.69, 9.17) is 16.2 Å². The van der Waals surface area contributed by atoms with Crippen molar-refractivity contribution in [2.75, 3.05) is 19.4 Å². The Labute approximate surface area is 116 Å². The number of carbonyl (C=O) groups is 1. The normalized spacial score (nSPS) is 11.3. The van der Waals surface area contributed by atoms with Gasteiger partial charge in [0, 0.05) is 13.0 Å². The van der Waals surface area contributed by atoms with Crippen molar-refractivity contribution >= 4 is 21.6 Å². The van der Waals surface area contributed by atoms with Gasteiger partial charge in [-0.2, -0.15) is 0 Å². The van der Waals surface area contributed by atoms with Gasteiger partial charge in [0.05, 0.1) is 17.7 Å². The highest BCUT2D eigenvalue weighted by Gasteiger charge is 2.18. The summed E-state index contributed by atoms with van der Waals surface area (Å²) in [6, 6.07) is 1.91. The van der Waals surface area contributed by atoms with Crippen molar-refractivity contribution in [2.45, 2.75) is 17.7 Å². The molecule has 0 saturated carbocycles. The van der Waals surface area contributed by atoms with Gasteiger partial charge in [-0.25, -0.2) is 17.5 Å². The lowest BCUT2D eigenvalue weighted by Crippen LogP contribution is -2.26. The Balaban J connectivity index is 2.85. The van der Waals surface area contributed by atoms with Crippen LogP contribution in [0.15, 0.2) is 17.0 Å². The minimum absolute atomic E-state index is 0.0127. The highest BCUT2D eigenvalue weighted by molar-refractivity contribution is 7.89. The fraction of sp³-hybridized carbons (Fsp3) is 0.364. The fourth-order valence-corrected chi connectivity index (χ4v) is 2.63. The number of amides is 1. The lowest BCUT2D eigenvalue weighted by molar-refractivity contribution is -0.118. The lowest BCUT2D eigenvalue weighted by atomic mass is 10.3. The third-order valence-corrected chi connectivity index (χ3v) is 3.89. The lowest BCUT2D eigenvalue weighted by Gasteiger charge is -2.10. The van der Waals surface area contributed by atoms with Crippen molar-refractivity contribution in [3.63, 3.8) is 0 Å². The molecule has 0 bridgehead atoms. The molecule has 1 rings (SSSR count). The molecule has 1 aromatic carbocycles. The first-order valence-corrected chi connectivity index (χ1v) is 7.17. The standard InChI is InChI=1S/C11H16FN3O4S/c1-19-11-8(12)5-7(6-9(11)13)20(17,18)15-4-2-3-10(14)16/h5-6,15H,2-4,13H2,1H3,(H2,14,16). The van der Waals surface area contributed by atoms with Crippen LogP contribution in [-0.4, -0.2) is 28.0 Å². The van der Waals surface area contributed by atoms with Crippen LogP contribution in [0.2, 0.25) is 0 Å². The monoisotopic (exact) mass is 305 g/mol. The summed E-state index contributed by atoms with van der Waals surface area (Å²) in [5.41, 5.74) is 10.3. The summed E-state index contributed by atoms with van der Waals surface area (Å²) in [6.07, 6.45) is 0.310. The maximum atomic E-state index is 13.6. The number of nitrogen functional groups attached to an aromatic ring is 1. The topological polar surface area (TPSA) is 125 Å². The number of benzene rings is 1. The number of methoxy groups -OCH3 is 1. The van der Waals surface area contributed by atoms with Crippen molar-refractivity contribution < 1.29 is 22.3 Å².